The van der Waals surface area contributed by atoms with E-state index in [0.717, 1.165) is 10.7 Å². The zero-order chi connectivity index (χ0) is 15.0. The molecule has 7 nitrogen and oxygen atoms in total. The molecule has 1 atom stereocenters. The van der Waals surface area contributed by atoms with Crippen molar-refractivity contribution in [1.82, 2.24) is 15.6 Å². The number of ether oxygens (including phenoxy) is 1. The molecule has 0 saturated carbocycles. The predicted octanol–water partition coefficient (Wildman–Crippen LogP) is 1.13. The van der Waals surface area contributed by atoms with Crippen LogP contribution in [0.5, 0.6) is 0 Å². The lowest BCUT2D eigenvalue weighted by Gasteiger charge is -2.14. The largest absolute Gasteiger partial charge is 0.480 e. The Kier molecular flexibility index (Phi) is 6.96. The third kappa shape index (κ3) is 5.98. The summed E-state index contributed by atoms with van der Waals surface area (Å²) in [6.07, 6.45) is 0.894. The number of urea groups is 1. The van der Waals surface area contributed by atoms with E-state index in [4.69, 9.17) is 9.84 Å². The van der Waals surface area contributed by atoms with Crippen LogP contribution < -0.4 is 10.6 Å². The molecule has 0 aliphatic heterocycles. The maximum Gasteiger partial charge on any atom is 0.326 e. The number of methoxy groups -OCH3 is 1. The molecule has 0 fully saturated rings. The summed E-state index contributed by atoms with van der Waals surface area (Å²) in [5.74, 6) is -1.05. The number of carbonyl (C=O) groups excluding carboxylic acids is 1. The number of carboxylic acids is 1. The van der Waals surface area contributed by atoms with Crippen LogP contribution in [0.4, 0.5) is 4.79 Å². The van der Waals surface area contributed by atoms with Gasteiger partial charge in [0.2, 0.25) is 0 Å². The Morgan fingerprint density at radius 1 is 1.55 bits per heavy atom. The number of aliphatic carboxylic acids is 1. The minimum absolute atomic E-state index is 0.278. The fraction of sp³-hybridized carbons (Fsp3) is 0.583. The predicted molar refractivity (Wildman–Crippen MR) is 74.8 cm³/mol. The van der Waals surface area contributed by atoms with E-state index >= 15 is 0 Å². The second kappa shape index (κ2) is 8.49. The quantitative estimate of drug-likeness (QED) is 0.625. The maximum absolute atomic E-state index is 11.6. The first kappa shape index (κ1) is 16.4. The van der Waals surface area contributed by atoms with Crippen LogP contribution >= 0.6 is 11.3 Å². The van der Waals surface area contributed by atoms with Gasteiger partial charge in [0.15, 0.2) is 0 Å². The van der Waals surface area contributed by atoms with Crippen LogP contribution in [0.3, 0.4) is 0 Å². The molecular weight excluding hydrogens is 282 g/mol. The highest BCUT2D eigenvalue weighted by atomic mass is 32.1. The van der Waals surface area contributed by atoms with Crippen LogP contribution in [0.2, 0.25) is 0 Å². The number of hydrogen-bond donors (Lipinski definition) is 3. The lowest BCUT2D eigenvalue weighted by Crippen LogP contribution is -2.45. The van der Waals surface area contributed by atoms with Gasteiger partial charge in [0.1, 0.15) is 6.04 Å². The number of hydrogen-bond acceptors (Lipinski definition) is 5. The van der Waals surface area contributed by atoms with Crippen LogP contribution in [0.1, 0.15) is 23.5 Å². The monoisotopic (exact) mass is 301 g/mol. The molecule has 1 aromatic heterocycles. The van der Waals surface area contributed by atoms with E-state index in [1.807, 2.05) is 12.3 Å². The molecule has 8 heteroatoms. The van der Waals surface area contributed by atoms with E-state index in [9.17, 15) is 9.59 Å². The van der Waals surface area contributed by atoms with Crippen LogP contribution in [0.15, 0.2) is 5.38 Å². The molecule has 0 spiro atoms. The summed E-state index contributed by atoms with van der Waals surface area (Å²) < 4.78 is 4.86. The molecule has 2 amide bonds. The Bertz CT molecular complexity index is 450. The molecule has 0 aliphatic rings. The van der Waals surface area contributed by atoms with Crippen LogP contribution in [-0.4, -0.2) is 41.8 Å². The zero-order valence-electron chi connectivity index (χ0n) is 11.5. The summed E-state index contributed by atoms with van der Waals surface area (Å²) in [4.78, 5) is 26.8. The number of aryl methyl sites for hydroxylation is 1. The van der Waals surface area contributed by atoms with Gasteiger partial charge in [-0.15, -0.1) is 11.3 Å². The van der Waals surface area contributed by atoms with Gasteiger partial charge in [0, 0.05) is 19.1 Å². The maximum atomic E-state index is 11.6. The number of nitrogens with zero attached hydrogens (tertiary/aromatic N) is 1. The van der Waals surface area contributed by atoms with Crippen molar-refractivity contribution in [3.05, 3.63) is 16.1 Å². The molecule has 0 aliphatic carbocycles. The minimum Gasteiger partial charge on any atom is -0.480 e. The van der Waals surface area contributed by atoms with E-state index in [-0.39, 0.29) is 6.54 Å². The summed E-state index contributed by atoms with van der Waals surface area (Å²) in [7, 11) is 1.55. The first-order chi connectivity index (χ1) is 9.52. The van der Waals surface area contributed by atoms with Crippen molar-refractivity contribution in [3.63, 3.8) is 0 Å². The standard InChI is InChI=1S/C12H19N3O4S/c1-8-14-9(7-20-8)6-13-12(18)15-10(11(16)17)4-3-5-19-2/h7,10H,3-6H2,1-2H3,(H,16,17)(H2,13,15,18). The summed E-state index contributed by atoms with van der Waals surface area (Å²) in [5.41, 5.74) is 0.758. The zero-order valence-corrected chi connectivity index (χ0v) is 12.3. The number of thiazole rings is 1. The molecule has 0 saturated heterocycles. The topological polar surface area (TPSA) is 101 Å². The second-order valence-electron chi connectivity index (χ2n) is 4.21. The molecule has 20 heavy (non-hydrogen) atoms. The Labute approximate surface area is 121 Å². The summed E-state index contributed by atoms with van der Waals surface area (Å²) >= 11 is 1.50. The lowest BCUT2D eigenvalue weighted by atomic mass is 10.1. The van der Waals surface area contributed by atoms with E-state index in [1.165, 1.54) is 11.3 Å². The van der Waals surface area contributed by atoms with E-state index in [0.29, 0.717) is 19.4 Å². The Balaban J connectivity index is 2.35. The van der Waals surface area contributed by atoms with Crippen LogP contribution in [0.25, 0.3) is 0 Å². The summed E-state index contributed by atoms with van der Waals surface area (Å²) in [6, 6.07) is -1.43. The highest BCUT2D eigenvalue weighted by Crippen LogP contribution is 2.07. The van der Waals surface area contributed by atoms with Gasteiger partial charge in [0.25, 0.3) is 0 Å². The van der Waals surface area contributed by atoms with Gasteiger partial charge in [-0.05, 0) is 19.8 Å². The minimum atomic E-state index is -1.05. The van der Waals surface area contributed by atoms with Crippen molar-refractivity contribution in [2.24, 2.45) is 0 Å². The SMILES string of the molecule is COCCCC(NC(=O)NCc1csc(C)n1)C(=O)O. The van der Waals surface area contributed by atoms with E-state index in [2.05, 4.69) is 15.6 Å². The normalized spacial score (nSPS) is 11.9. The van der Waals surface area contributed by atoms with Gasteiger partial charge < -0.3 is 20.5 Å². The second-order valence-corrected chi connectivity index (χ2v) is 5.27. The average Bonchev–Trinajstić information content (AvgIpc) is 2.81. The first-order valence-corrected chi connectivity index (χ1v) is 7.08. The highest BCUT2D eigenvalue weighted by molar-refractivity contribution is 7.09. The van der Waals surface area contributed by atoms with Crippen LogP contribution in [0, 0.1) is 6.92 Å². The van der Waals surface area contributed by atoms with Crippen molar-refractivity contribution in [3.8, 4) is 0 Å². The van der Waals surface area contributed by atoms with Gasteiger partial charge in [-0.2, -0.15) is 0 Å². The number of carbonyl (C=O) groups is 2. The highest BCUT2D eigenvalue weighted by Gasteiger charge is 2.19. The fourth-order valence-corrected chi connectivity index (χ4v) is 2.17. The van der Waals surface area contributed by atoms with Crippen LogP contribution in [-0.2, 0) is 16.1 Å². The van der Waals surface area contributed by atoms with Crippen molar-refractivity contribution in [2.75, 3.05) is 13.7 Å². The fourth-order valence-electron chi connectivity index (χ4n) is 1.56. The molecular formula is C12H19N3O4S. The number of nitrogens with one attached hydrogen (secondary N) is 2. The Hall–Kier alpha value is -1.67. The third-order valence-corrected chi connectivity index (χ3v) is 3.36. The number of rotatable bonds is 8. The molecule has 112 valence electrons. The van der Waals surface area contributed by atoms with Gasteiger partial charge in [-0.25, -0.2) is 14.6 Å². The van der Waals surface area contributed by atoms with Crippen molar-refractivity contribution in [2.45, 2.75) is 32.4 Å². The molecule has 1 unspecified atom stereocenters. The molecule has 1 aromatic rings. The number of aromatic nitrogens is 1. The number of amides is 2. The Morgan fingerprint density at radius 3 is 2.85 bits per heavy atom. The molecule has 0 aromatic carbocycles. The Morgan fingerprint density at radius 2 is 2.30 bits per heavy atom. The van der Waals surface area contributed by atoms with Crippen molar-refractivity contribution < 1.29 is 19.4 Å². The molecule has 3 N–H and O–H groups in total. The molecule has 1 rings (SSSR count). The molecule has 0 bridgehead atoms. The number of carboxylic acid groups (broad SMARTS) is 1. The lowest BCUT2D eigenvalue weighted by molar-refractivity contribution is -0.139. The van der Waals surface area contributed by atoms with Gasteiger partial charge in [-0.1, -0.05) is 0 Å². The van der Waals surface area contributed by atoms with Crippen molar-refractivity contribution >= 4 is 23.3 Å². The molecule has 1 heterocycles. The van der Waals surface area contributed by atoms with Gasteiger partial charge >= 0.3 is 12.0 Å². The summed E-state index contributed by atoms with van der Waals surface area (Å²) in [5, 5.41) is 16.8. The first-order valence-electron chi connectivity index (χ1n) is 6.20. The van der Waals surface area contributed by atoms with E-state index in [1.54, 1.807) is 7.11 Å². The van der Waals surface area contributed by atoms with Gasteiger partial charge in [-0.3, -0.25) is 0 Å². The third-order valence-electron chi connectivity index (χ3n) is 2.54. The van der Waals surface area contributed by atoms with Crippen molar-refractivity contribution in [1.29, 1.82) is 0 Å². The summed E-state index contributed by atoms with van der Waals surface area (Å²) in [6.45, 7) is 2.62. The van der Waals surface area contributed by atoms with E-state index < -0.39 is 18.0 Å². The molecule has 0 radical (unpaired) electrons. The average molecular weight is 301 g/mol. The smallest absolute Gasteiger partial charge is 0.326 e. The van der Waals surface area contributed by atoms with Gasteiger partial charge in [0.05, 0.1) is 17.2 Å².